The highest BCUT2D eigenvalue weighted by atomic mass is 16.5. The monoisotopic (exact) mass is 184 g/mol. The van der Waals surface area contributed by atoms with Crippen LogP contribution in [0, 0.1) is 5.41 Å². The predicted molar refractivity (Wildman–Crippen MR) is 54.5 cm³/mol. The fourth-order valence-corrected chi connectivity index (χ4v) is 0.886. The van der Waals surface area contributed by atoms with E-state index in [4.69, 9.17) is 4.74 Å². The highest BCUT2D eigenvalue weighted by Gasteiger charge is 2.07. The van der Waals surface area contributed by atoms with Crippen LogP contribution in [0.4, 0.5) is 0 Å². The van der Waals surface area contributed by atoms with E-state index in [-0.39, 0.29) is 5.97 Å². The van der Waals surface area contributed by atoms with Crippen LogP contribution in [0.5, 0.6) is 0 Å². The van der Waals surface area contributed by atoms with E-state index in [0.29, 0.717) is 12.0 Å². The summed E-state index contributed by atoms with van der Waals surface area (Å²) in [5.41, 5.74) is 0.332. The molecule has 0 radical (unpaired) electrons. The minimum absolute atomic E-state index is 0.239. The first-order valence-electron chi connectivity index (χ1n) is 4.79. The van der Waals surface area contributed by atoms with Crippen molar-refractivity contribution < 1.29 is 9.53 Å². The van der Waals surface area contributed by atoms with Gasteiger partial charge in [0.25, 0.3) is 0 Å². The Hall–Kier alpha value is -0.790. The molecule has 0 aromatic rings. The molecule has 0 aliphatic heterocycles. The van der Waals surface area contributed by atoms with Gasteiger partial charge in [0.1, 0.15) is 0 Å². The molecule has 0 spiro atoms. The summed E-state index contributed by atoms with van der Waals surface area (Å²) in [5.74, 6) is -0.239. The molecule has 0 unspecified atom stereocenters. The summed E-state index contributed by atoms with van der Waals surface area (Å²) in [7, 11) is 0. The molecule has 2 nitrogen and oxygen atoms in total. The summed E-state index contributed by atoms with van der Waals surface area (Å²) >= 11 is 0. The minimum atomic E-state index is -0.239. The number of hydrogen-bond acceptors (Lipinski definition) is 2. The van der Waals surface area contributed by atoms with Gasteiger partial charge in [-0.25, -0.2) is 4.79 Å². The number of carbonyl (C=O) groups excluding carboxylic acids is 1. The molecular formula is C11H20O2. The molecule has 0 bridgehead atoms. The molecular weight excluding hydrogens is 164 g/mol. The van der Waals surface area contributed by atoms with Gasteiger partial charge in [-0.15, -0.1) is 0 Å². The van der Waals surface area contributed by atoms with Gasteiger partial charge in [-0.05, 0) is 25.2 Å². The number of rotatable bonds is 4. The molecule has 0 fully saturated rings. The Bertz CT molecular complexity index is 175. The van der Waals surface area contributed by atoms with Crippen molar-refractivity contribution >= 4 is 5.97 Å². The van der Waals surface area contributed by atoms with E-state index in [1.54, 1.807) is 6.92 Å². The second kappa shape index (κ2) is 5.79. The zero-order valence-corrected chi connectivity index (χ0v) is 9.09. The number of hydrogen-bond donors (Lipinski definition) is 0. The van der Waals surface area contributed by atoms with E-state index in [1.165, 1.54) is 6.08 Å². The Labute approximate surface area is 81.0 Å². The average molecular weight is 184 g/mol. The number of ether oxygens (including phenoxy) is 1. The molecule has 0 aromatic carbocycles. The van der Waals surface area contributed by atoms with Gasteiger partial charge in [-0.3, -0.25) is 0 Å². The number of carbonyl (C=O) groups is 1. The fourth-order valence-electron chi connectivity index (χ4n) is 0.886. The zero-order valence-electron chi connectivity index (χ0n) is 9.09. The van der Waals surface area contributed by atoms with Gasteiger partial charge in [0, 0.05) is 6.08 Å². The van der Waals surface area contributed by atoms with Crippen molar-refractivity contribution in [2.45, 2.75) is 40.5 Å². The zero-order chi connectivity index (χ0) is 10.3. The van der Waals surface area contributed by atoms with Gasteiger partial charge in [-0.1, -0.05) is 26.8 Å². The Balaban J connectivity index is 3.58. The van der Waals surface area contributed by atoms with Crippen molar-refractivity contribution in [3.63, 3.8) is 0 Å². The Morgan fingerprint density at radius 2 is 2.00 bits per heavy atom. The van der Waals surface area contributed by atoms with Gasteiger partial charge in [-0.2, -0.15) is 0 Å². The lowest BCUT2D eigenvalue weighted by Crippen LogP contribution is -2.03. The van der Waals surface area contributed by atoms with Crippen LogP contribution in [0.25, 0.3) is 0 Å². The normalized spacial score (nSPS) is 12.0. The highest BCUT2D eigenvalue weighted by molar-refractivity contribution is 5.81. The third-order valence-electron chi connectivity index (χ3n) is 1.60. The van der Waals surface area contributed by atoms with Crippen LogP contribution in [-0.2, 0) is 9.53 Å². The molecule has 0 aliphatic carbocycles. The molecule has 0 aliphatic rings. The standard InChI is InChI=1S/C11H20O2/c1-5-13-10(12)8-6-7-9-11(2,3)4/h6,8H,5,7,9H2,1-4H3/b8-6+. The second-order valence-electron chi connectivity index (χ2n) is 4.25. The Morgan fingerprint density at radius 1 is 1.38 bits per heavy atom. The van der Waals surface area contributed by atoms with Gasteiger partial charge in [0.05, 0.1) is 6.61 Å². The van der Waals surface area contributed by atoms with Crippen molar-refractivity contribution in [3.8, 4) is 0 Å². The van der Waals surface area contributed by atoms with Crippen LogP contribution in [0.1, 0.15) is 40.5 Å². The van der Waals surface area contributed by atoms with Crippen LogP contribution >= 0.6 is 0 Å². The third kappa shape index (κ3) is 9.12. The third-order valence-corrected chi connectivity index (χ3v) is 1.60. The van der Waals surface area contributed by atoms with Gasteiger partial charge < -0.3 is 4.74 Å². The molecule has 0 saturated heterocycles. The topological polar surface area (TPSA) is 26.3 Å². The van der Waals surface area contributed by atoms with Crippen LogP contribution < -0.4 is 0 Å². The first-order chi connectivity index (χ1) is 5.95. The maximum absolute atomic E-state index is 10.9. The first-order valence-corrected chi connectivity index (χ1v) is 4.79. The lowest BCUT2D eigenvalue weighted by atomic mass is 9.90. The fraction of sp³-hybridized carbons (Fsp3) is 0.727. The SMILES string of the molecule is CCOC(=O)/C=C/CCC(C)(C)C. The van der Waals surface area contributed by atoms with Gasteiger partial charge >= 0.3 is 5.97 Å². The van der Waals surface area contributed by atoms with Crippen molar-refractivity contribution in [2.24, 2.45) is 5.41 Å². The van der Waals surface area contributed by atoms with Crippen LogP contribution in [0.2, 0.25) is 0 Å². The van der Waals surface area contributed by atoms with E-state index >= 15 is 0 Å². The van der Waals surface area contributed by atoms with Crippen LogP contribution in [0.15, 0.2) is 12.2 Å². The quantitative estimate of drug-likeness (QED) is 0.496. The summed E-state index contributed by atoms with van der Waals surface area (Å²) < 4.78 is 4.75. The molecule has 0 atom stereocenters. The largest absolute Gasteiger partial charge is 0.463 e. The average Bonchev–Trinajstić information content (AvgIpc) is 1.97. The van der Waals surface area contributed by atoms with Crippen molar-refractivity contribution in [3.05, 3.63) is 12.2 Å². The van der Waals surface area contributed by atoms with E-state index < -0.39 is 0 Å². The van der Waals surface area contributed by atoms with Crippen LogP contribution in [-0.4, -0.2) is 12.6 Å². The van der Waals surface area contributed by atoms with Gasteiger partial charge in [0.2, 0.25) is 0 Å². The number of esters is 1. The smallest absolute Gasteiger partial charge is 0.330 e. The lowest BCUT2D eigenvalue weighted by Gasteiger charge is -2.15. The highest BCUT2D eigenvalue weighted by Crippen LogP contribution is 2.20. The maximum atomic E-state index is 10.9. The summed E-state index contributed by atoms with van der Waals surface area (Å²) in [5, 5.41) is 0. The van der Waals surface area contributed by atoms with Crippen molar-refractivity contribution in [2.75, 3.05) is 6.61 Å². The Morgan fingerprint density at radius 3 is 2.46 bits per heavy atom. The molecule has 0 N–H and O–H groups in total. The Kier molecular flexibility index (Phi) is 5.44. The molecule has 0 amide bonds. The maximum Gasteiger partial charge on any atom is 0.330 e. The summed E-state index contributed by atoms with van der Waals surface area (Å²) in [6, 6.07) is 0. The molecule has 0 aromatic heterocycles. The predicted octanol–water partition coefficient (Wildman–Crippen LogP) is 2.93. The number of allylic oxidation sites excluding steroid dienone is 1. The minimum Gasteiger partial charge on any atom is -0.463 e. The van der Waals surface area contributed by atoms with Crippen molar-refractivity contribution in [1.29, 1.82) is 0 Å². The molecule has 2 heteroatoms. The van der Waals surface area contributed by atoms with E-state index in [0.717, 1.165) is 12.8 Å². The van der Waals surface area contributed by atoms with Crippen LogP contribution in [0.3, 0.4) is 0 Å². The van der Waals surface area contributed by atoms with E-state index in [9.17, 15) is 4.79 Å². The summed E-state index contributed by atoms with van der Waals surface area (Å²) in [6.45, 7) is 8.81. The summed E-state index contributed by atoms with van der Waals surface area (Å²) in [4.78, 5) is 10.9. The molecule has 0 rings (SSSR count). The molecule has 0 heterocycles. The first kappa shape index (κ1) is 12.2. The van der Waals surface area contributed by atoms with E-state index in [2.05, 4.69) is 20.8 Å². The summed E-state index contributed by atoms with van der Waals surface area (Å²) in [6.07, 6.45) is 5.41. The lowest BCUT2D eigenvalue weighted by molar-refractivity contribution is -0.137. The van der Waals surface area contributed by atoms with E-state index in [1.807, 2.05) is 6.08 Å². The molecule has 76 valence electrons. The van der Waals surface area contributed by atoms with Crippen molar-refractivity contribution in [1.82, 2.24) is 0 Å². The van der Waals surface area contributed by atoms with Gasteiger partial charge in [0.15, 0.2) is 0 Å². The molecule has 0 saturated carbocycles. The second-order valence-corrected chi connectivity index (χ2v) is 4.25. The molecule has 13 heavy (non-hydrogen) atoms.